The van der Waals surface area contributed by atoms with Crippen LogP contribution in [0.1, 0.15) is 32.1 Å². The Morgan fingerprint density at radius 3 is 2.92 bits per heavy atom. The van der Waals surface area contributed by atoms with Crippen LogP contribution in [-0.2, 0) is 4.74 Å². The molecule has 0 radical (unpaired) electrons. The molecule has 0 bridgehead atoms. The minimum atomic E-state index is 0.265. The van der Waals surface area contributed by atoms with Crippen molar-refractivity contribution in [3.63, 3.8) is 0 Å². The number of halogens is 1. The molecule has 1 N–H and O–H groups in total. The van der Waals surface area contributed by atoms with Crippen molar-refractivity contribution in [3.05, 3.63) is 35.4 Å². The molecule has 3 rings (SSSR count). The summed E-state index contributed by atoms with van der Waals surface area (Å²) in [6.45, 7) is 2.64. The maximum atomic E-state index is 6.06. The molecular weight excluding hydrogens is 368 g/mol. The predicted molar refractivity (Wildman–Crippen MR) is 111 cm³/mol. The Kier molecular flexibility index (Phi) is 7.17. The monoisotopic (exact) mass is 394 g/mol. The lowest BCUT2D eigenvalue weighted by atomic mass is 9.94. The van der Waals surface area contributed by atoms with Gasteiger partial charge in [0.15, 0.2) is 5.11 Å². The van der Waals surface area contributed by atoms with Crippen LogP contribution in [0.4, 0.5) is 5.69 Å². The minimum absolute atomic E-state index is 0.265. The minimum Gasteiger partial charge on any atom is -0.495 e. The third kappa shape index (κ3) is 5.35. The summed E-state index contributed by atoms with van der Waals surface area (Å²) in [4.78, 5) is 2.27. The van der Waals surface area contributed by atoms with Gasteiger partial charge in [0.25, 0.3) is 0 Å². The molecule has 0 spiro atoms. The highest BCUT2D eigenvalue weighted by atomic mass is 35.5. The molecule has 0 aromatic heterocycles. The number of anilines is 1. The molecule has 6 heteroatoms. The molecule has 1 heterocycles. The summed E-state index contributed by atoms with van der Waals surface area (Å²) in [5.74, 6) is 1.32. The van der Waals surface area contributed by atoms with Gasteiger partial charge in [-0.25, -0.2) is 0 Å². The fourth-order valence-electron chi connectivity index (χ4n) is 3.57. The second-order valence-corrected chi connectivity index (χ2v) is 7.79. The molecule has 1 fully saturated rings. The number of thiocarbonyl (C=S) groups is 1. The first-order valence-corrected chi connectivity index (χ1v) is 10.1. The maximum absolute atomic E-state index is 6.06. The number of ether oxygens (including phenoxy) is 2. The molecule has 1 aliphatic carbocycles. The van der Waals surface area contributed by atoms with Gasteiger partial charge in [-0.2, -0.15) is 0 Å². The van der Waals surface area contributed by atoms with E-state index in [1.165, 1.54) is 6.42 Å². The van der Waals surface area contributed by atoms with E-state index in [0.717, 1.165) is 56.2 Å². The van der Waals surface area contributed by atoms with E-state index < -0.39 is 0 Å². The normalized spacial score (nSPS) is 22.2. The molecule has 0 saturated carbocycles. The molecule has 0 amide bonds. The van der Waals surface area contributed by atoms with Crippen LogP contribution in [0, 0.1) is 5.92 Å². The third-order valence-corrected chi connectivity index (χ3v) is 5.59. The van der Waals surface area contributed by atoms with Crippen LogP contribution in [0.15, 0.2) is 30.4 Å². The summed E-state index contributed by atoms with van der Waals surface area (Å²) in [6, 6.07) is 5.54. The van der Waals surface area contributed by atoms with Crippen LogP contribution in [0.5, 0.6) is 5.75 Å². The number of hydrogen-bond donors (Lipinski definition) is 1. The average Bonchev–Trinajstić information content (AvgIpc) is 3.16. The van der Waals surface area contributed by atoms with Gasteiger partial charge in [0.1, 0.15) is 5.75 Å². The van der Waals surface area contributed by atoms with E-state index in [9.17, 15) is 0 Å². The molecule has 1 aromatic rings. The molecule has 4 nitrogen and oxygen atoms in total. The van der Waals surface area contributed by atoms with Crippen molar-refractivity contribution in [2.45, 2.75) is 38.2 Å². The van der Waals surface area contributed by atoms with Crippen molar-refractivity contribution >= 4 is 34.6 Å². The SMILES string of the molecule is COc1cc(Cl)ccc1NC(=S)N(C[C@H]1CC=CCC1)C[C@@H]1CCCO1. The quantitative estimate of drug-likeness (QED) is 0.549. The first-order chi connectivity index (χ1) is 12.7. The van der Waals surface area contributed by atoms with Gasteiger partial charge < -0.3 is 19.7 Å². The van der Waals surface area contributed by atoms with Crippen molar-refractivity contribution < 1.29 is 9.47 Å². The van der Waals surface area contributed by atoms with Gasteiger partial charge in [-0.3, -0.25) is 0 Å². The topological polar surface area (TPSA) is 33.7 Å². The smallest absolute Gasteiger partial charge is 0.173 e. The van der Waals surface area contributed by atoms with E-state index in [1.807, 2.05) is 12.1 Å². The van der Waals surface area contributed by atoms with Crippen LogP contribution < -0.4 is 10.1 Å². The fraction of sp³-hybridized carbons (Fsp3) is 0.550. The van der Waals surface area contributed by atoms with E-state index in [-0.39, 0.29) is 6.10 Å². The number of rotatable bonds is 6. The second kappa shape index (κ2) is 9.58. The fourth-order valence-corrected chi connectivity index (χ4v) is 3.99. The Balaban J connectivity index is 1.69. The zero-order chi connectivity index (χ0) is 18.4. The third-order valence-electron chi connectivity index (χ3n) is 5.00. The zero-order valence-corrected chi connectivity index (χ0v) is 16.8. The lowest BCUT2D eigenvalue weighted by molar-refractivity contribution is 0.0882. The zero-order valence-electron chi connectivity index (χ0n) is 15.2. The summed E-state index contributed by atoms with van der Waals surface area (Å²) in [6.07, 6.45) is 10.6. The number of nitrogens with one attached hydrogen (secondary N) is 1. The highest BCUT2D eigenvalue weighted by molar-refractivity contribution is 7.80. The van der Waals surface area contributed by atoms with Gasteiger partial charge in [0.2, 0.25) is 0 Å². The van der Waals surface area contributed by atoms with Crippen molar-refractivity contribution in [2.75, 3.05) is 32.1 Å². The number of allylic oxidation sites excluding steroid dienone is 2. The van der Waals surface area contributed by atoms with Crippen LogP contribution in [0.2, 0.25) is 5.02 Å². The molecule has 2 aliphatic rings. The van der Waals surface area contributed by atoms with Crippen molar-refractivity contribution in [1.29, 1.82) is 0 Å². The van der Waals surface area contributed by atoms with Gasteiger partial charge in [0, 0.05) is 30.8 Å². The van der Waals surface area contributed by atoms with Crippen LogP contribution in [0.3, 0.4) is 0 Å². The van der Waals surface area contributed by atoms with E-state index >= 15 is 0 Å². The highest BCUT2D eigenvalue weighted by Crippen LogP contribution is 2.29. The summed E-state index contributed by atoms with van der Waals surface area (Å²) in [5, 5.41) is 4.71. The molecule has 2 atom stereocenters. The molecule has 26 heavy (non-hydrogen) atoms. The summed E-state index contributed by atoms with van der Waals surface area (Å²) < 4.78 is 11.3. The lowest BCUT2D eigenvalue weighted by Crippen LogP contribution is -2.43. The number of methoxy groups -OCH3 is 1. The Bertz CT molecular complexity index is 647. The molecular formula is C20H27ClN2O2S. The Hall–Kier alpha value is -1.30. The van der Waals surface area contributed by atoms with Gasteiger partial charge in [-0.15, -0.1) is 0 Å². The summed E-state index contributed by atoms with van der Waals surface area (Å²) in [7, 11) is 1.64. The predicted octanol–water partition coefficient (Wildman–Crippen LogP) is 4.88. The molecule has 1 aliphatic heterocycles. The van der Waals surface area contributed by atoms with Crippen LogP contribution >= 0.6 is 23.8 Å². The highest BCUT2D eigenvalue weighted by Gasteiger charge is 2.24. The molecule has 1 aromatic carbocycles. The van der Waals surface area contributed by atoms with Crippen molar-refractivity contribution in [1.82, 2.24) is 4.90 Å². The maximum Gasteiger partial charge on any atom is 0.173 e. The first-order valence-electron chi connectivity index (χ1n) is 9.32. The van der Waals surface area contributed by atoms with Gasteiger partial charge in [-0.05, 0) is 62.4 Å². The lowest BCUT2D eigenvalue weighted by Gasteiger charge is -2.32. The number of nitrogens with zero attached hydrogens (tertiary/aromatic N) is 1. The van der Waals surface area contributed by atoms with E-state index in [0.29, 0.717) is 16.7 Å². The average molecular weight is 395 g/mol. The van der Waals surface area contributed by atoms with E-state index in [4.69, 9.17) is 33.3 Å². The number of benzene rings is 1. The standard InChI is InChI=1S/C20H27ClN2O2S/c1-24-19-12-16(21)9-10-18(19)22-20(26)23(14-17-8-5-11-25-17)13-15-6-3-2-4-7-15/h2-3,9-10,12,15,17H,4-8,11,13-14H2,1H3,(H,22,26)/t15-,17-/m0/s1. The Morgan fingerprint density at radius 2 is 2.23 bits per heavy atom. The van der Waals surface area contributed by atoms with E-state index in [1.54, 1.807) is 13.2 Å². The van der Waals surface area contributed by atoms with Crippen molar-refractivity contribution in [3.8, 4) is 5.75 Å². The van der Waals surface area contributed by atoms with Gasteiger partial charge in [0.05, 0.1) is 18.9 Å². The molecule has 142 valence electrons. The van der Waals surface area contributed by atoms with E-state index in [2.05, 4.69) is 22.4 Å². The summed E-state index contributed by atoms with van der Waals surface area (Å²) in [5.41, 5.74) is 0.836. The largest absolute Gasteiger partial charge is 0.495 e. The molecule has 1 saturated heterocycles. The Labute approximate surface area is 166 Å². The first kappa shape index (κ1) is 19.5. The Morgan fingerprint density at radius 1 is 1.35 bits per heavy atom. The van der Waals surface area contributed by atoms with Gasteiger partial charge >= 0.3 is 0 Å². The van der Waals surface area contributed by atoms with Crippen LogP contribution in [-0.4, -0.2) is 42.9 Å². The summed E-state index contributed by atoms with van der Waals surface area (Å²) >= 11 is 11.8. The van der Waals surface area contributed by atoms with Gasteiger partial charge in [-0.1, -0.05) is 23.8 Å². The second-order valence-electron chi connectivity index (χ2n) is 6.97. The van der Waals surface area contributed by atoms with Crippen molar-refractivity contribution in [2.24, 2.45) is 5.92 Å². The van der Waals surface area contributed by atoms with Crippen LogP contribution in [0.25, 0.3) is 0 Å². The molecule has 0 unspecified atom stereocenters. The number of hydrogen-bond acceptors (Lipinski definition) is 3.